The number of carbonyl (C=O) groups is 2. The van der Waals surface area contributed by atoms with Gasteiger partial charge in [0.25, 0.3) is 5.91 Å². The molecule has 0 radical (unpaired) electrons. The fraction of sp³-hybridized carbons (Fsp3) is 0.0526. The van der Waals surface area contributed by atoms with Crippen molar-refractivity contribution in [1.82, 2.24) is 15.2 Å². The van der Waals surface area contributed by atoms with Gasteiger partial charge in [-0.05, 0) is 52.3 Å². The SMILES string of the molecule is Cn1ncc(Br)c1C(=O)N/N=C\c1ccccc1OC(=O)c1ccc(Cl)cc1. The van der Waals surface area contributed by atoms with Crippen LogP contribution in [-0.2, 0) is 7.05 Å². The van der Waals surface area contributed by atoms with E-state index in [1.807, 2.05) is 0 Å². The van der Waals surface area contributed by atoms with Crippen molar-refractivity contribution in [3.05, 3.63) is 81.0 Å². The molecule has 0 unspecified atom stereocenters. The smallest absolute Gasteiger partial charge is 0.343 e. The topological polar surface area (TPSA) is 85.6 Å². The fourth-order valence-corrected chi connectivity index (χ4v) is 2.96. The summed E-state index contributed by atoms with van der Waals surface area (Å²) in [7, 11) is 1.65. The van der Waals surface area contributed by atoms with Gasteiger partial charge in [0, 0.05) is 17.6 Å². The molecular weight excluding hydrogens is 448 g/mol. The number of nitrogens with one attached hydrogen (secondary N) is 1. The van der Waals surface area contributed by atoms with Crippen molar-refractivity contribution >= 4 is 45.6 Å². The van der Waals surface area contributed by atoms with Gasteiger partial charge in [-0.1, -0.05) is 23.7 Å². The first-order valence-corrected chi connectivity index (χ1v) is 9.20. The fourth-order valence-electron chi connectivity index (χ4n) is 2.30. The Balaban J connectivity index is 1.71. The zero-order chi connectivity index (χ0) is 20.1. The molecule has 3 rings (SSSR count). The van der Waals surface area contributed by atoms with Gasteiger partial charge in [-0.15, -0.1) is 0 Å². The molecule has 1 aromatic heterocycles. The number of rotatable bonds is 5. The summed E-state index contributed by atoms with van der Waals surface area (Å²) >= 11 is 9.09. The quantitative estimate of drug-likeness (QED) is 0.271. The normalized spacial score (nSPS) is 10.8. The molecule has 0 bridgehead atoms. The molecular formula is C19H14BrClN4O3. The van der Waals surface area contributed by atoms with Crippen molar-refractivity contribution in [1.29, 1.82) is 0 Å². The lowest BCUT2D eigenvalue weighted by Crippen LogP contribution is -2.21. The van der Waals surface area contributed by atoms with E-state index in [0.717, 1.165) is 0 Å². The van der Waals surface area contributed by atoms with Crippen molar-refractivity contribution < 1.29 is 14.3 Å². The lowest BCUT2D eigenvalue weighted by atomic mass is 10.2. The summed E-state index contributed by atoms with van der Waals surface area (Å²) in [6.07, 6.45) is 2.91. The average molecular weight is 462 g/mol. The number of hydrazone groups is 1. The van der Waals surface area contributed by atoms with Gasteiger partial charge < -0.3 is 4.74 Å². The van der Waals surface area contributed by atoms with Crippen molar-refractivity contribution in [2.24, 2.45) is 12.1 Å². The number of esters is 1. The van der Waals surface area contributed by atoms with Crippen molar-refractivity contribution in [3.8, 4) is 5.75 Å². The van der Waals surface area contributed by atoms with E-state index in [1.54, 1.807) is 55.6 Å². The van der Waals surface area contributed by atoms with Gasteiger partial charge in [0.15, 0.2) is 0 Å². The minimum Gasteiger partial charge on any atom is -0.422 e. The Hall–Kier alpha value is -2.97. The predicted octanol–water partition coefficient (Wildman–Crippen LogP) is 3.82. The van der Waals surface area contributed by atoms with E-state index in [9.17, 15) is 9.59 Å². The van der Waals surface area contributed by atoms with Gasteiger partial charge in [0.05, 0.1) is 22.4 Å². The predicted molar refractivity (Wildman–Crippen MR) is 109 cm³/mol. The Kier molecular flexibility index (Phi) is 6.23. The van der Waals surface area contributed by atoms with Gasteiger partial charge >= 0.3 is 5.97 Å². The van der Waals surface area contributed by atoms with E-state index in [4.69, 9.17) is 16.3 Å². The summed E-state index contributed by atoms with van der Waals surface area (Å²) in [5, 5.41) is 8.44. The van der Waals surface area contributed by atoms with Crippen LogP contribution in [-0.4, -0.2) is 27.9 Å². The summed E-state index contributed by atoms with van der Waals surface area (Å²) in [6.45, 7) is 0. The number of hydrogen-bond donors (Lipinski definition) is 1. The number of para-hydroxylation sites is 1. The first kappa shape index (κ1) is 19.8. The van der Waals surface area contributed by atoms with Gasteiger partial charge in [-0.25, -0.2) is 10.2 Å². The number of nitrogens with zero attached hydrogens (tertiary/aromatic N) is 3. The van der Waals surface area contributed by atoms with Gasteiger partial charge in [-0.2, -0.15) is 10.2 Å². The van der Waals surface area contributed by atoms with Crippen molar-refractivity contribution in [2.75, 3.05) is 0 Å². The second-order valence-electron chi connectivity index (χ2n) is 5.60. The van der Waals surface area contributed by atoms with Crippen LogP contribution in [0.15, 0.2) is 64.3 Å². The maximum Gasteiger partial charge on any atom is 0.343 e. The number of aromatic nitrogens is 2. The Bertz CT molecular complexity index is 1030. The number of hydrogen-bond acceptors (Lipinski definition) is 5. The van der Waals surface area contributed by atoms with E-state index >= 15 is 0 Å². The van der Waals surface area contributed by atoms with Crippen molar-refractivity contribution in [2.45, 2.75) is 0 Å². The minimum absolute atomic E-state index is 0.308. The molecule has 2 aromatic carbocycles. The Morgan fingerprint density at radius 1 is 1.21 bits per heavy atom. The maximum atomic E-state index is 12.3. The maximum absolute atomic E-state index is 12.3. The molecule has 0 fully saturated rings. The lowest BCUT2D eigenvalue weighted by molar-refractivity contribution is 0.0734. The highest BCUT2D eigenvalue weighted by atomic mass is 79.9. The Morgan fingerprint density at radius 3 is 2.61 bits per heavy atom. The molecule has 3 aromatic rings. The third-order valence-electron chi connectivity index (χ3n) is 3.68. The van der Waals surface area contributed by atoms with Crippen LogP contribution in [0.2, 0.25) is 5.02 Å². The number of ether oxygens (including phenoxy) is 1. The van der Waals surface area contributed by atoms with Crippen LogP contribution in [0, 0.1) is 0 Å². The van der Waals surface area contributed by atoms with Gasteiger partial charge in [0.2, 0.25) is 0 Å². The minimum atomic E-state index is -0.527. The molecule has 142 valence electrons. The first-order chi connectivity index (χ1) is 13.5. The second-order valence-corrected chi connectivity index (χ2v) is 6.89. The molecule has 1 N–H and O–H groups in total. The van der Waals surface area contributed by atoms with E-state index in [0.29, 0.717) is 32.1 Å². The Labute approximate surface area is 174 Å². The summed E-state index contributed by atoms with van der Waals surface area (Å²) in [5.74, 6) is -0.652. The summed E-state index contributed by atoms with van der Waals surface area (Å²) < 4.78 is 7.41. The van der Waals surface area contributed by atoms with Crippen LogP contribution in [0.4, 0.5) is 0 Å². The largest absolute Gasteiger partial charge is 0.422 e. The number of benzene rings is 2. The van der Waals surface area contributed by atoms with Gasteiger partial charge in [-0.3, -0.25) is 9.48 Å². The Morgan fingerprint density at radius 2 is 1.93 bits per heavy atom. The average Bonchev–Trinajstić information content (AvgIpc) is 3.02. The number of halogens is 2. The van der Waals surface area contributed by atoms with E-state index in [1.165, 1.54) is 17.1 Å². The van der Waals surface area contributed by atoms with E-state index < -0.39 is 11.9 Å². The number of carbonyl (C=O) groups excluding carboxylic acids is 2. The molecule has 9 heteroatoms. The highest BCUT2D eigenvalue weighted by molar-refractivity contribution is 9.10. The highest BCUT2D eigenvalue weighted by Gasteiger charge is 2.15. The first-order valence-electron chi connectivity index (χ1n) is 8.03. The molecule has 0 saturated heterocycles. The molecule has 0 saturated carbocycles. The molecule has 1 amide bonds. The molecule has 0 aliphatic heterocycles. The number of amides is 1. The van der Waals surface area contributed by atoms with Gasteiger partial charge in [0.1, 0.15) is 11.4 Å². The molecule has 0 atom stereocenters. The standard InChI is InChI=1S/C19H14BrClN4O3/c1-25-17(15(20)11-23-25)18(26)24-22-10-13-4-2-3-5-16(13)28-19(27)12-6-8-14(21)9-7-12/h2-11H,1H3,(H,24,26)/b22-10-. The lowest BCUT2D eigenvalue weighted by Gasteiger charge is -2.07. The monoisotopic (exact) mass is 460 g/mol. The zero-order valence-electron chi connectivity index (χ0n) is 14.6. The summed E-state index contributed by atoms with van der Waals surface area (Å²) in [5.41, 5.74) is 3.64. The molecule has 1 heterocycles. The third kappa shape index (κ3) is 4.65. The van der Waals surface area contributed by atoms with E-state index in [-0.39, 0.29) is 0 Å². The molecule has 28 heavy (non-hydrogen) atoms. The number of aryl methyl sites for hydroxylation is 1. The zero-order valence-corrected chi connectivity index (χ0v) is 16.9. The second kappa shape index (κ2) is 8.81. The molecule has 0 aliphatic carbocycles. The summed E-state index contributed by atoms with van der Waals surface area (Å²) in [4.78, 5) is 24.5. The van der Waals surface area contributed by atoms with E-state index in [2.05, 4.69) is 31.6 Å². The van der Waals surface area contributed by atoms with Crippen molar-refractivity contribution in [3.63, 3.8) is 0 Å². The van der Waals surface area contributed by atoms with Crippen LogP contribution in [0.25, 0.3) is 0 Å². The molecule has 0 aliphatic rings. The summed E-state index contributed by atoms with van der Waals surface area (Å²) in [6, 6.07) is 13.2. The molecule has 0 spiro atoms. The van der Waals surface area contributed by atoms with Crippen LogP contribution < -0.4 is 10.2 Å². The van der Waals surface area contributed by atoms with Crippen LogP contribution >= 0.6 is 27.5 Å². The highest BCUT2D eigenvalue weighted by Crippen LogP contribution is 2.19. The third-order valence-corrected chi connectivity index (χ3v) is 4.51. The van der Waals surface area contributed by atoms with Crippen LogP contribution in [0.3, 0.4) is 0 Å². The van der Waals surface area contributed by atoms with Crippen LogP contribution in [0.1, 0.15) is 26.4 Å². The molecule has 7 nitrogen and oxygen atoms in total. The van der Waals surface area contributed by atoms with Crippen LogP contribution in [0.5, 0.6) is 5.75 Å².